The highest BCUT2D eigenvalue weighted by atomic mass is 35.5. The molecule has 1 saturated heterocycles. The Bertz CT molecular complexity index is 479. The molecular weight excluding hydrogens is 265 g/mol. The van der Waals surface area contributed by atoms with Crippen molar-refractivity contribution in [1.29, 1.82) is 0 Å². The highest BCUT2D eigenvalue weighted by molar-refractivity contribution is 6.42. The number of hydrogen-bond acceptors (Lipinski definition) is 2. The normalized spacial score (nSPS) is 14.7. The highest BCUT2D eigenvalue weighted by Crippen LogP contribution is 2.25. The van der Waals surface area contributed by atoms with E-state index in [1.807, 2.05) is 0 Å². The molecule has 0 saturated carbocycles. The first-order chi connectivity index (χ1) is 8.08. The Morgan fingerprint density at radius 2 is 2.12 bits per heavy atom. The van der Waals surface area contributed by atoms with E-state index in [0.29, 0.717) is 28.8 Å². The Morgan fingerprint density at radius 3 is 2.71 bits per heavy atom. The molecule has 0 spiro atoms. The smallest absolute Gasteiger partial charge is 0.330 e. The number of carbonyl (C=O) groups is 2. The Morgan fingerprint density at radius 1 is 1.35 bits per heavy atom. The minimum atomic E-state index is -0.488. The quantitative estimate of drug-likeness (QED) is 0.826. The lowest BCUT2D eigenvalue weighted by Crippen LogP contribution is -2.37. The average molecular weight is 274 g/mol. The molecule has 0 unspecified atom stereocenters. The van der Waals surface area contributed by atoms with Gasteiger partial charge >= 0.3 is 12.1 Å². The van der Waals surface area contributed by atoms with Gasteiger partial charge in [0.05, 0.1) is 10.0 Å². The van der Waals surface area contributed by atoms with Crippen molar-refractivity contribution in [3.05, 3.63) is 28.2 Å². The molecule has 2 rings (SSSR count). The van der Waals surface area contributed by atoms with Gasteiger partial charge in [-0.3, -0.25) is 0 Å². The van der Waals surface area contributed by atoms with E-state index >= 15 is 0 Å². The minimum Gasteiger partial charge on any atom is -0.336 e. The molecule has 1 aliphatic heterocycles. The number of halogens is 2. The van der Waals surface area contributed by atoms with Gasteiger partial charge in [-0.15, -0.1) is 0 Å². The molecule has 2 N–H and O–H groups in total. The van der Waals surface area contributed by atoms with Crippen LogP contribution in [0.2, 0.25) is 10.0 Å². The SMILES string of the molecule is O=C1NCCN1C(=O)Nc1ccc(Cl)c(Cl)c1. The van der Waals surface area contributed by atoms with E-state index in [0.717, 1.165) is 4.90 Å². The van der Waals surface area contributed by atoms with Crippen LogP contribution < -0.4 is 10.6 Å². The van der Waals surface area contributed by atoms with E-state index in [9.17, 15) is 9.59 Å². The van der Waals surface area contributed by atoms with Crippen LogP contribution in [0.5, 0.6) is 0 Å². The summed E-state index contributed by atoms with van der Waals surface area (Å²) >= 11 is 11.6. The Balaban J connectivity index is 2.07. The molecule has 7 heteroatoms. The number of nitrogens with zero attached hydrogens (tertiary/aromatic N) is 1. The third-order valence-corrected chi connectivity index (χ3v) is 3.01. The molecule has 1 heterocycles. The summed E-state index contributed by atoms with van der Waals surface area (Å²) in [7, 11) is 0. The van der Waals surface area contributed by atoms with Gasteiger partial charge in [0.25, 0.3) is 0 Å². The van der Waals surface area contributed by atoms with Crippen molar-refractivity contribution in [2.24, 2.45) is 0 Å². The van der Waals surface area contributed by atoms with Crippen molar-refractivity contribution >= 4 is 41.0 Å². The molecule has 17 heavy (non-hydrogen) atoms. The van der Waals surface area contributed by atoms with Crippen molar-refractivity contribution in [1.82, 2.24) is 10.2 Å². The number of rotatable bonds is 1. The zero-order valence-corrected chi connectivity index (χ0v) is 10.2. The van der Waals surface area contributed by atoms with Crippen LogP contribution in [0.15, 0.2) is 18.2 Å². The first-order valence-corrected chi connectivity index (χ1v) is 5.65. The van der Waals surface area contributed by atoms with Crippen molar-refractivity contribution < 1.29 is 9.59 Å². The van der Waals surface area contributed by atoms with Crippen molar-refractivity contribution in [2.45, 2.75) is 0 Å². The number of urea groups is 2. The lowest BCUT2D eigenvalue weighted by atomic mass is 10.3. The molecule has 0 atom stereocenters. The second kappa shape index (κ2) is 4.81. The Labute approximate surface area is 108 Å². The van der Waals surface area contributed by atoms with Crippen LogP contribution >= 0.6 is 23.2 Å². The molecule has 0 aliphatic carbocycles. The van der Waals surface area contributed by atoms with Gasteiger partial charge in [-0.1, -0.05) is 23.2 Å². The molecule has 1 aromatic carbocycles. The van der Waals surface area contributed by atoms with Gasteiger partial charge in [0.15, 0.2) is 0 Å². The molecule has 5 nitrogen and oxygen atoms in total. The van der Waals surface area contributed by atoms with Crippen molar-refractivity contribution in [3.63, 3.8) is 0 Å². The molecular formula is C10H9Cl2N3O2. The molecule has 0 radical (unpaired) electrons. The molecule has 0 aromatic heterocycles. The largest absolute Gasteiger partial charge is 0.336 e. The minimum absolute atomic E-state index is 0.343. The molecule has 90 valence electrons. The molecule has 1 aliphatic rings. The summed E-state index contributed by atoms with van der Waals surface area (Å²) in [5.41, 5.74) is 0.490. The second-order valence-corrected chi connectivity index (χ2v) is 4.26. The number of imide groups is 1. The number of nitrogens with one attached hydrogen (secondary N) is 2. The van der Waals surface area contributed by atoms with E-state index < -0.39 is 12.1 Å². The molecule has 4 amide bonds. The van der Waals surface area contributed by atoms with Crippen LogP contribution in [-0.4, -0.2) is 30.1 Å². The fourth-order valence-corrected chi connectivity index (χ4v) is 1.73. The van der Waals surface area contributed by atoms with E-state index in [2.05, 4.69) is 10.6 Å². The van der Waals surface area contributed by atoms with Crippen LogP contribution in [0.3, 0.4) is 0 Å². The summed E-state index contributed by atoms with van der Waals surface area (Å²) in [5.74, 6) is 0. The van der Waals surface area contributed by atoms with Crippen LogP contribution in [0.1, 0.15) is 0 Å². The summed E-state index contributed by atoms with van der Waals surface area (Å²) < 4.78 is 0. The number of hydrogen-bond donors (Lipinski definition) is 2. The van der Waals surface area contributed by atoms with Gasteiger partial charge in [0, 0.05) is 18.8 Å². The zero-order valence-electron chi connectivity index (χ0n) is 8.67. The number of benzene rings is 1. The molecule has 1 fully saturated rings. The van der Waals surface area contributed by atoms with Crippen LogP contribution in [0, 0.1) is 0 Å². The topological polar surface area (TPSA) is 61.4 Å². The highest BCUT2D eigenvalue weighted by Gasteiger charge is 2.26. The lowest BCUT2D eigenvalue weighted by Gasteiger charge is -2.13. The van der Waals surface area contributed by atoms with Gasteiger partial charge in [-0.05, 0) is 18.2 Å². The van der Waals surface area contributed by atoms with Crippen LogP contribution in [0.4, 0.5) is 15.3 Å². The van der Waals surface area contributed by atoms with E-state index in [-0.39, 0.29) is 0 Å². The van der Waals surface area contributed by atoms with Crippen molar-refractivity contribution in [2.75, 3.05) is 18.4 Å². The van der Waals surface area contributed by atoms with Gasteiger partial charge < -0.3 is 10.6 Å². The predicted octanol–water partition coefficient (Wildman–Crippen LogP) is 2.55. The van der Waals surface area contributed by atoms with E-state index in [1.165, 1.54) is 6.07 Å². The summed E-state index contributed by atoms with van der Waals surface area (Å²) in [6.07, 6.45) is 0. The Hall–Kier alpha value is -1.46. The van der Waals surface area contributed by atoms with Crippen LogP contribution in [-0.2, 0) is 0 Å². The third-order valence-electron chi connectivity index (χ3n) is 2.27. The van der Waals surface area contributed by atoms with Gasteiger partial charge in [0.1, 0.15) is 0 Å². The van der Waals surface area contributed by atoms with Gasteiger partial charge in [-0.25, -0.2) is 14.5 Å². The maximum absolute atomic E-state index is 11.7. The standard InChI is InChI=1S/C10H9Cl2N3O2/c11-7-2-1-6(5-8(7)12)14-10(17)15-4-3-13-9(15)16/h1-2,5H,3-4H2,(H,13,16)(H,14,17). The zero-order chi connectivity index (χ0) is 12.4. The lowest BCUT2D eigenvalue weighted by molar-refractivity contribution is 0.207. The second-order valence-electron chi connectivity index (χ2n) is 3.44. The summed E-state index contributed by atoms with van der Waals surface area (Å²) in [5, 5.41) is 5.85. The molecule has 1 aromatic rings. The van der Waals surface area contributed by atoms with E-state index in [1.54, 1.807) is 12.1 Å². The average Bonchev–Trinajstić information content (AvgIpc) is 2.70. The number of amides is 4. The Kier molecular flexibility index (Phi) is 3.40. The number of anilines is 1. The van der Waals surface area contributed by atoms with E-state index in [4.69, 9.17) is 23.2 Å². The monoisotopic (exact) mass is 273 g/mol. The first-order valence-electron chi connectivity index (χ1n) is 4.89. The summed E-state index contributed by atoms with van der Waals surface area (Å²) in [6.45, 7) is 0.819. The maximum atomic E-state index is 11.7. The predicted molar refractivity (Wildman–Crippen MR) is 65.6 cm³/mol. The third kappa shape index (κ3) is 2.62. The summed E-state index contributed by atoms with van der Waals surface area (Å²) in [6, 6.07) is 3.82. The van der Waals surface area contributed by atoms with Crippen LogP contribution in [0.25, 0.3) is 0 Å². The first kappa shape index (κ1) is 12.0. The van der Waals surface area contributed by atoms with Gasteiger partial charge in [-0.2, -0.15) is 0 Å². The van der Waals surface area contributed by atoms with Crippen molar-refractivity contribution in [3.8, 4) is 0 Å². The van der Waals surface area contributed by atoms with Gasteiger partial charge in [0.2, 0.25) is 0 Å². The maximum Gasteiger partial charge on any atom is 0.330 e. The number of carbonyl (C=O) groups excluding carboxylic acids is 2. The summed E-state index contributed by atoms with van der Waals surface area (Å²) in [4.78, 5) is 24.0. The molecule has 0 bridgehead atoms. The fraction of sp³-hybridized carbons (Fsp3) is 0.200. The fourth-order valence-electron chi connectivity index (χ4n) is 1.43.